The van der Waals surface area contributed by atoms with Crippen LogP contribution in [0.25, 0.3) is 0 Å². The van der Waals surface area contributed by atoms with Gasteiger partial charge in [0.1, 0.15) is 0 Å². The zero-order valence-corrected chi connectivity index (χ0v) is 12.2. The van der Waals surface area contributed by atoms with E-state index in [4.69, 9.17) is 0 Å². The van der Waals surface area contributed by atoms with E-state index in [-0.39, 0.29) is 0 Å². The van der Waals surface area contributed by atoms with Crippen molar-refractivity contribution < 1.29 is 0 Å². The second-order valence-corrected chi connectivity index (χ2v) is 6.06. The minimum Gasteiger partial charge on any atom is -0.150 e. The molecule has 0 aromatic carbocycles. The highest BCUT2D eigenvalue weighted by Gasteiger charge is 2.07. The number of hydrogen-bond donors (Lipinski definition) is 0. The van der Waals surface area contributed by atoms with Crippen LogP contribution >= 0.6 is 22.4 Å². The summed E-state index contributed by atoms with van der Waals surface area (Å²) in [4.78, 5) is 0. The molecular weight excluding hydrogens is 282 g/mol. The van der Waals surface area contributed by atoms with Crippen LogP contribution in [-0.2, 0) is 0 Å². The molecule has 0 nitrogen and oxygen atoms in total. The summed E-state index contributed by atoms with van der Waals surface area (Å²) in [5.74, 6) is 0. The number of rotatable bonds is 10. The highest BCUT2D eigenvalue weighted by atomic mass is 127. The third-order valence-corrected chi connectivity index (χ3v) is 3.99. The molecule has 0 unspecified atom stereocenters. The second-order valence-electron chi connectivity index (χ2n) is 4.30. The van der Waals surface area contributed by atoms with E-state index in [2.05, 4.69) is 36.2 Å². The Kier molecular flexibility index (Phi) is 12.5. The molecule has 0 rings (SSSR count). The molecule has 14 heavy (non-hydrogen) atoms. The third-order valence-electron chi connectivity index (χ3n) is 2.74. The quantitative estimate of drug-likeness (QED) is 0.281. The van der Waals surface area contributed by atoms with Gasteiger partial charge in [-0.3, -0.25) is 0 Å². The van der Waals surface area contributed by atoms with Crippen molar-refractivity contribution in [3.05, 3.63) is 0 Å². The van der Waals surface area contributed by atoms with Crippen molar-refractivity contribution in [3.8, 4) is 0 Å². The Bertz CT molecular complexity index is 94.5. The molecule has 0 aliphatic heterocycles. The van der Waals surface area contributed by atoms with Gasteiger partial charge in [0.05, 0.1) is 0 Å². The Labute approximate surface area is 105 Å². The molecule has 0 N–H and O–H groups in total. The molecule has 84 valence electrons. The maximum Gasteiger partial charge on any atom is 0.217 e. The van der Waals surface area contributed by atoms with Crippen molar-refractivity contribution in [2.45, 2.75) is 77.9 Å². The van der Waals surface area contributed by atoms with Crippen LogP contribution in [0.1, 0.15) is 65.2 Å². The van der Waals surface area contributed by atoms with Gasteiger partial charge in [-0.05, 0) is 0 Å². The third kappa shape index (κ3) is 10.9. The Balaban J connectivity index is 3.07. The number of halogens is 1. The predicted octanol–water partition coefficient (Wildman–Crippen LogP) is 5.57. The maximum atomic E-state index is 2.65. The standard InChI is InChI=1S/C12H26BI/c1-3-5-7-9-11-13(14)12-10-8-6-4-2/h3-12H2,1-2H3. The van der Waals surface area contributed by atoms with Crippen molar-refractivity contribution >= 4 is 26.9 Å². The molecule has 2 heteroatoms. The molecule has 0 fully saturated rings. The van der Waals surface area contributed by atoms with Crippen molar-refractivity contribution in [3.63, 3.8) is 0 Å². The molecule has 0 radical (unpaired) electrons. The summed E-state index contributed by atoms with van der Waals surface area (Å²) >= 11 is 2.65. The fourth-order valence-corrected chi connectivity index (χ4v) is 2.61. The summed E-state index contributed by atoms with van der Waals surface area (Å²) in [6, 6.07) is 0. The van der Waals surface area contributed by atoms with E-state index in [9.17, 15) is 0 Å². The normalized spacial score (nSPS) is 10.5. The monoisotopic (exact) mass is 308 g/mol. The molecule has 0 aliphatic carbocycles. The van der Waals surface area contributed by atoms with Gasteiger partial charge >= 0.3 is 0 Å². The van der Waals surface area contributed by atoms with Gasteiger partial charge in [0.2, 0.25) is 4.57 Å². The van der Waals surface area contributed by atoms with Gasteiger partial charge in [0, 0.05) is 0 Å². The summed E-state index contributed by atoms with van der Waals surface area (Å²) < 4.78 is 0.946. The molecule has 0 aromatic rings. The van der Waals surface area contributed by atoms with E-state index in [0.29, 0.717) is 0 Å². The van der Waals surface area contributed by atoms with Crippen LogP contribution in [0.5, 0.6) is 0 Å². The van der Waals surface area contributed by atoms with E-state index in [1.165, 1.54) is 64.0 Å². The van der Waals surface area contributed by atoms with E-state index in [1.807, 2.05) is 0 Å². The molecule has 0 heterocycles. The van der Waals surface area contributed by atoms with Crippen molar-refractivity contribution in [1.82, 2.24) is 0 Å². The van der Waals surface area contributed by atoms with Crippen LogP contribution in [-0.4, -0.2) is 4.57 Å². The van der Waals surface area contributed by atoms with Crippen LogP contribution in [0.3, 0.4) is 0 Å². The average Bonchev–Trinajstić information content (AvgIpc) is 2.19. The fraction of sp³-hybridized carbons (Fsp3) is 1.00. The highest BCUT2D eigenvalue weighted by molar-refractivity contribution is 14.1. The van der Waals surface area contributed by atoms with E-state index >= 15 is 0 Å². The van der Waals surface area contributed by atoms with Gasteiger partial charge < -0.3 is 0 Å². The first-order valence-corrected chi connectivity index (χ1v) is 7.69. The summed E-state index contributed by atoms with van der Waals surface area (Å²) in [5.41, 5.74) is 0. The van der Waals surface area contributed by atoms with Crippen LogP contribution in [0.15, 0.2) is 0 Å². The minimum atomic E-state index is 0.946. The second kappa shape index (κ2) is 11.9. The number of unbranched alkanes of at least 4 members (excludes halogenated alkanes) is 6. The summed E-state index contributed by atoms with van der Waals surface area (Å²) in [6.45, 7) is 4.57. The Hall–Kier alpha value is 0.795. The van der Waals surface area contributed by atoms with Gasteiger partial charge in [-0.15, -0.1) is 22.4 Å². The molecule has 0 aromatic heterocycles. The first-order valence-electron chi connectivity index (χ1n) is 6.45. The van der Waals surface area contributed by atoms with Gasteiger partial charge in [0.15, 0.2) is 0 Å². The Morgan fingerprint density at radius 1 is 0.714 bits per heavy atom. The molecule has 0 saturated heterocycles. The first-order chi connectivity index (χ1) is 6.81. The van der Waals surface area contributed by atoms with Gasteiger partial charge in [-0.25, -0.2) is 0 Å². The maximum absolute atomic E-state index is 2.65. The highest BCUT2D eigenvalue weighted by Crippen LogP contribution is 2.17. The van der Waals surface area contributed by atoms with Gasteiger partial charge in [0.25, 0.3) is 0 Å². The smallest absolute Gasteiger partial charge is 0.150 e. The lowest BCUT2D eigenvalue weighted by Crippen LogP contribution is -2.01. The van der Waals surface area contributed by atoms with E-state index in [0.717, 1.165) is 4.57 Å². The molecule has 0 bridgehead atoms. The van der Waals surface area contributed by atoms with Crippen molar-refractivity contribution in [2.75, 3.05) is 0 Å². The Morgan fingerprint density at radius 3 is 1.50 bits per heavy atom. The zero-order chi connectivity index (χ0) is 10.6. The molecule has 0 amide bonds. The predicted molar refractivity (Wildman–Crippen MR) is 77.7 cm³/mol. The lowest BCUT2D eigenvalue weighted by molar-refractivity contribution is 0.689. The van der Waals surface area contributed by atoms with Crippen molar-refractivity contribution in [2.24, 2.45) is 0 Å². The Morgan fingerprint density at radius 2 is 1.14 bits per heavy atom. The molecule has 0 saturated carbocycles. The topological polar surface area (TPSA) is 0 Å². The van der Waals surface area contributed by atoms with Crippen LogP contribution in [0.4, 0.5) is 0 Å². The summed E-state index contributed by atoms with van der Waals surface area (Å²) in [6.07, 6.45) is 14.3. The molecule has 0 atom stereocenters. The molecular formula is C12H26BI. The van der Waals surface area contributed by atoms with E-state index < -0.39 is 0 Å². The largest absolute Gasteiger partial charge is 0.217 e. The fourth-order valence-electron chi connectivity index (χ4n) is 1.73. The van der Waals surface area contributed by atoms with Crippen LogP contribution < -0.4 is 0 Å². The summed E-state index contributed by atoms with van der Waals surface area (Å²) in [7, 11) is 0. The molecule has 0 spiro atoms. The van der Waals surface area contributed by atoms with Gasteiger partial charge in [-0.2, -0.15) is 0 Å². The first kappa shape index (κ1) is 14.8. The van der Waals surface area contributed by atoms with Crippen molar-refractivity contribution in [1.29, 1.82) is 0 Å². The average molecular weight is 308 g/mol. The lowest BCUT2D eigenvalue weighted by Gasteiger charge is -2.05. The van der Waals surface area contributed by atoms with Crippen LogP contribution in [0.2, 0.25) is 12.6 Å². The zero-order valence-electron chi connectivity index (χ0n) is 10.0. The SMILES string of the molecule is CCCCCCB(I)CCCCCC. The van der Waals surface area contributed by atoms with Gasteiger partial charge in [-0.1, -0.05) is 77.9 Å². The number of hydrogen-bond acceptors (Lipinski definition) is 0. The minimum absolute atomic E-state index is 0.946. The summed E-state index contributed by atoms with van der Waals surface area (Å²) in [5, 5.41) is 0. The van der Waals surface area contributed by atoms with Crippen LogP contribution in [0, 0.1) is 0 Å². The lowest BCUT2D eigenvalue weighted by atomic mass is 9.68. The molecule has 0 aliphatic rings. The van der Waals surface area contributed by atoms with E-state index in [1.54, 1.807) is 0 Å².